The van der Waals surface area contributed by atoms with Crippen molar-refractivity contribution in [3.63, 3.8) is 0 Å². The maximum absolute atomic E-state index is 5.65. The van der Waals surface area contributed by atoms with Crippen LogP contribution in [-0.4, -0.2) is 13.1 Å². The summed E-state index contributed by atoms with van der Waals surface area (Å²) in [7, 11) is 0. The van der Waals surface area contributed by atoms with Crippen LogP contribution in [0.2, 0.25) is 0 Å². The second kappa shape index (κ2) is 9.96. The van der Waals surface area contributed by atoms with Gasteiger partial charge in [0.05, 0.1) is 3.79 Å². The molecule has 0 aliphatic heterocycles. The van der Waals surface area contributed by atoms with E-state index in [0.717, 1.165) is 25.6 Å². The number of hydrogen-bond acceptors (Lipinski definition) is 3. The van der Waals surface area contributed by atoms with E-state index in [0.29, 0.717) is 0 Å². The molecular weight excluding hydrogens is 308 g/mol. The number of nitrogens with one attached hydrogen (secondary N) is 1. The lowest BCUT2D eigenvalue weighted by atomic mass is 9.94. The number of halogens is 1. The van der Waals surface area contributed by atoms with E-state index >= 15 is 0 Å². The van der Waals surface area contributed by atoms with Gasteiger partial charge in [-0.05, 0) is 66.3 Å². The van der Waals surface area contributed by atoms with Crippen LogP contribution in [0.4, 0.5) is 0 Å². The Labute approximate surface area is 123 Å². The first kappa shape index (κ1) is 16.2. The molecule has 3 N–H and O–H groups in total. The third-order valence-corrected chi connectivity index (χ3v) is 4.79. The fraction of sp³-hybridized carbons (Fsp3) is 0.714. The molecule has 0 aromatic carbocycles. The highest BCUT2D eigenvalue weighted by Gasteiger charge is 2.06. The first-order valence-electron chi connectivity index (χ1n) is 6.91. The normalized spacial score (nSPS) is 12.8. The summed E-state index contributed by atoms with van der Waals surface area (Å²) >= 11 is 5.29. The second-order valence-corrected chi connectivity index (χ2v) is 7.30. The Bertz CT molecular complexity index is 308. The van der Waals surface area contributed by atoms with Crippen molar-refractivity contribution in [2.75, 3.05) is 13.1 Å². The first-order valence-corrected chi connectivity index (χ1v) is 8.52. The minimum Gasteiger partial charge on any atom is -0.330 e. The molecule has 0 amide bonds. The van der Waals surface area contributed by atoms with Crippen molar-refractivity contribution in [2.45, 2.75) is 45.6 Å². The van der Waals surface area contributed by atoms with Gasteiger partial charge >= 0.3 is 0 Å². The Balaban J connectivity index is 2.06. The number of thiophene rings is 1. The first-order chi connectivity index (χ1) is 8.76. The van der Waals surface area contributed by atoms with Crippen molar-refractivity contribution < 1.29 is 0 Å². The molecule has 0 aliphatic rings. The molecule has 0 aliphatic carbocycles. The lowest BCUT2D eigenvalue weighted by Gasteiger charge is -2.14. The van der Waals surface area contributed by atoms with Gasteiger partial charge in [0.2, 0.25) is 0 Å². The predicted octanol–water partition coefficient (Wildman–Crippen LogP) is 4.15. The van der Waals surface area contributed by atoms with Gasteiger partial charge in [-0.1, -0.05) is 19.8 Å². The molecule has 1 atom stereocenters. The molecule has 104 valence electrons. The molecule has 0 fully saturated rings. The van der Waals surface area contributed by atoms with Crippen LogP contribution < -0.4 is 11.1 Å². The SMILES string of the molecule is CCCC(CCN)CCCNCc1ccc(Br)s1. The van der Waals surface area contributed by atoms with Crippen LogP contribution in [-0.2, 0) is 6.54 Å². The Hall–Kier alpha value is 0.1000. The molecule has 1 aromatic heterocycles. The lowest BCUT2D eigenvalue weighted by Crippen LogP contribution is -2.16. The van der Waals surface area contributed by atoms with Crippen molar-refractivity contribution in [3.05, 3.63) is 20.8 Å². The monoisotopic (exact) mass is 332 g/mol. The fourth-order valence-corrected chi connectivity index (χ4v) is 3.70. The quantitative estimate of drug-likeness (QED) is 0.632. The Morgan fingerprint density at radius 2 is 2.17 bits per heavy atom. The van der Waals surface area contributed by atoms with Crippen LogP contribution in [0.15, 0.2) is 15.9 Å². The lowest BCUT2D eigenvalue weighted by molar-refractivity contribution is 0.404. The van der Waals surface area contributed by atoms with Crippen LogP contribution in [0.25, 0.3) is 0 Å². The van der Waals surface area contributed by atoms with Crippen LogP contribution in [0.5, 0.6) is 0 Å². The van der Waals surface area contributed by atoms with Crippen LogP contribution in [0.1, 0.15) is 43.9 Å². The minimum absolute atomic E-state index is 0.831. The molecule has 0 saturated heterocycles. The average molecular weight is 333 g/mol. The maximum Gasteiger partial charge on any atom is 0.0701 e. The van der Waals surface area contributed by atoms with Crippen molar-refractivity contribution >= 4 is 27.3 Å². The number of hydrogen-bond donors (Lipinski definition) is 2. The molecule has 0 saturated carbocycles. The van der Waals surface area contributed by atoms with E-state index in [2.05, 4.69) is 40.3 Å². The molecular formula is C14H25BrN2S. The molecule has 2 nitrogen and oxygen atoms in total. The second-order valence-electron chi connectivity index (χ2n) is 4.76. The Morgan fingerprint density at radius 1 is 1.33 bits per heavy atom. The molecule has 1 rings (SSSR count). The highest BCUT2D eigenvalue weighted by molar-refractivity contribution is 9.11. The number of nitrogens with two attached hydrogens (primary N) is 1. The van der Waals surface area contributed by atoms with E-state index < -0.39 is 0 Å². The Morgan fingerprint density at radius 3 is 2.78 bits per heavy atom. The van der Waals surface area contributed by atoms with Gasteiger partial charge in [-0.15, -0.1) is 11.3 Å². The molecule has 0 spiro atoms. The van der Waals surface area contributed by atoms with E-state index in [9.17, 15) is 0 Å². The standard InChI is InChI=1S/C14H25BrN2S/c1-2-4-12(8-9-16)5-3-10-17-11-13-6-7-14(15)18-13/h6-7,12,17H,2-5,8-11,16H2,1H3. The largest absolute Gasteiger partial charge is 0.330 e. The van der Waals surface area contributed by atoms with Crippen molar-refractivity contribution in [1.29, 1.82) is 0 Å². The number of rotatable bonds is 10. The molecule has 0 radical (unpaired) electrons. The summed E-state index contributed by atoms with van der Waals surface area (Å²) in [4.78, 5) is 1.40. The fourth-order valence-electron chi connectivity index (χ4n) is 2.25. The third-order valence-electron chi connectivity index (χ3n) is 3.17. The van der Waals surface area contributed by atoms with E-state index in [1.807, 2.05) is 0 Å². The molecule has 1 unspecified atom stereocenters. The molecule has 0 bridgehead atoms. The van der Waals surface area contributed by atoms with Gasteiger partial charge in [0.15, 0.2) is 0 Å². The summed E-state index contributed by atoms with van der Waals surface area (Å²) in [6.07, 6.45) is 6.37. The zero-order valence-corrected chi connectivity index (χ0v) is 13.7. The van der Waals surface area contributed by atoms with Gasteiger partial charge in [-0.3, -0.25) is 0 Å². The van der Waals surface area contributed by atoms with Gasteiger partial charge in [-0.25, -0.2) is 0 Å². The van der Waals surface area contributed by atoms with Crippen molar-refractivity contribution in [3.8, 4) is 0 Å². The maximum atomic E-state index is 5.65. The van der Waals surface area contributed by atoms with Gasteiger partial charge in [-0.2, -0.15) is 0 Å². The Kier molecular flexibility index (Phi) is 8.94. The summed E-state index contributed by atoms with van der Waals surface area (Å²) in [6.45, 7) is 5.20. The predicted molar refractivity (Wildman–Crippen MR) is 85.0 cm³/mol. The summed E-state index contributed by atoms with van der Waals surface area (Å²) in [5.41, 5.74) is 5.65. The summed E-state index contributed by atoms with van der Waals surface area (Å²) in [6, 6.07) is 4.29. The zero-order valence-electron chi connectivity index (χ0n) is 11.3. The van der Waals surface area contributed by atoms with E-state index in [-0.39, 0.29) is 0 Å². The summed E-state index contributed by atoms with van der Waals surface area (Å²) < 4.78 is 1.21. The zero-order chi connectivity index (χ0) is 13.2. The van der Waals surface area contributed by atoms with Gasteiger partial charge in [0, 0.05) is 11.4 Å². The summed E-state index contributed by atoms with van der Waals surface area (Å²) in [5, 5.41) is 3.51. The van der Waals surface area contributed by atoms with E-state index in [1.165, 1.54) is 40.8 Å². The van der Waals surface area contributed by atoms with E-state index in [4.69, 9.17) is 5.73 Å². The average Bonchev–Trinajstić information content (AvgIpc) is 2.75. The van der Waals surface area contributed by atoms with Crippen molar-refractivity contribution in [2.24, 2.45) is 11.7 Å². The van der Waals surface area contributed by atoms with Crippen molar-refractivity contribution in [1.82, 2.24) is 5.32 Å². The van der Waals surface area contributed by atoms with Crippen LogP contribution in [0.3, 0.4) is 0 Å². The van der Waals surface area contributed by atoms with Gasteiger partial charge < -0.3 is 11.1 Å². The molecule has 4 heteroatoms. The molecule has 1 heterocycles. The molecule has 18 heavy (non-hydrogen) atoms. The smallest absolute Gasteiger partial charge is 0.0701 e. The highest BCUT2D eigenvalue weighted by Crippen LogP contribution is 2.21. The van der Waals surface area contributed by atoms with Gasteiger partial charge in [0.1, 0.15) is 0 Å². The minimum atomic E-state index is 0.831. The highest BCUT2D eigenvalue weighted by atomic mass is 79.9. The topological polar surface area (TPSA) is 38.0 Å². The van der Waals surface area contributed by atoms with E-state index in [1.54, 1.807) is 11.3 Å². The molecule has 1 aromatic rings. The van der Waals surface area contributed by atoms with Crippen LogP contribution in [0, 0.1) is 5.92 Å². The van der Waals surface area contributed by atoms with Gasteiger partial charge in [0.25, 0.3) is 0 Å². The third kappa shape index (κ3) is 6.88. The van der Waals surface area contributed by atoms with Crippen LogP contribution >= 0.6 is 27.3 Å². The summed E-state index contributed by atoms with van der Waals surface area (Å²) in [5.74, 6) is 0.831.